The highest BCUT2D eigenvalue weighted by atomic mass is 16.5. The number of carbonyl (C=O) groups is 1. The summed E-state index contributed by atoms with van der Waals surface area (Å²) in [4.78, 5) is 12.2. The Balaban J connectivity index is 2.20. The quantitative estimate of drug-likeness (QED) is 0.862. The van der Waals surface area contributed by atoms with Crippen LogP contribution in [0.25, 0.3) is 0 Å². The Bertz CT molecular complexity index is 467. The van der Waals surface area contributed by atoms with Crippen LogP contribution in [0.15, 0.2) is 24.3 Å². The van der Waals surface area contributed by atoms with E-state index >= 15 is 0 Å². The van der Waals surface area contributed by atoms with Gasteiger partial charge in [-0.3, -0.25) is 4.79 Å². The summed E-state index contributed by atoms with van der Waals surface area (Å²) in [7, 11) is 1.55. The van der Waals surface area contributed by atoms with Gasteiger partial charge in [0.05, 0.1) is 12.1 Å². The van der Waals surface area contributed by atoms with Gasteiger partial charge in [-0.25, -0.2) is 0 Å². The van der Waals surface area contributed by atoms with E-state index in [9.17, 15) is 4.79 Å². The Morgan fingerprint density at radius 2 is 2.15 bits per heavy atom. The molecule has 0 radical (unpaired) electrons. The predicted molar refractivity (Wildman–Crippen MR) is 79.3 cm³/mol. The standard InChI is InChI=1S/C16H24N2O2/c1-12-6-5-7-13(10-12)16(8-3-4-9-16)18-15(19)14(17)11-20-2/h5-7,10,14H,3-4,8-9,11,17H2,1-2H3,(H,18,19). The van der Waals surface area contributed by atoms with Crippen molar-refractivity contribution >= 4 is 5.91 Å². The minimum Gasteiger partial charge on any atom is -0.383 e. The van der Waals surface area contributed by atoms with Crippen molar-refractivity contribution in [3.63, 3.8) is 0 Å². The third-order valence-corrected chi connectivity index (χ3v) is 4.07. The zero-order valence-electron chi connectivity index (χ0n) is 12.3. The molecular weight excluding hydrogens is 252 g/mol. The van der Waals surface area contributed by atoms with Gasteiger partial charge in [-0.05, 0) is 25.3 Å². The molecule has 20 heavy (non-hydrogen) atoms. The third-order valence-electron chi connectivity index (χ3n) is 4.07. The molecule has 4 heteroatoms. The van der Waals surface area contributed by atoms with Gasteiger partial charge in [-0.15, -0.1) is 0 Å². The fraction of sp³-hybridized carbons (Fsp3) is 0.562. The van der Waals surface area contributed by atoms with Crippen LogP contribution in [0.3, 0.4) is 0 Å². The number of methoxy groups -OCH3 is 1. The molecular formula is C16H24N2O2. The van der Waals surface area contributed by atoms with Crippen LogP contribution < -0.4 is 11.1 Å². The maximum atomic E-state index is 12.2. The Morgan fingerprint density at radius 3 is 2.75 bits per heavy atom. The second kappa shape index (κ2) is 6.37. The first kappa shape index (κ1) is 15.0. The zero-order valence-corrected chi connectivity index (χ0v) is 12.3. The van der Waals surface area contributed by atoms with Crippen LogP contribution in [0.4, 0.5) is 0 Å². The lowest BCUT2D eigenvalue weighted by atomic mass is 9.87. The van der Waals surface area contributed by atoms with Gasteiger partial charge in [0.2, 0.25) is 5.91 Å². The molecule has 1 aliphatic rings. The summed E-state index contributed by atoms with van der Waals surface area (Å²) in [6.07, 6.45) is 4.21. The molecule has 1 aliphatic carbocycles. The molecule has 0 spiro atoms. The van der Waals surface area contributed by atoms with Crippen LogP contribution >= 0.6 is 0 Å². The average Bonchev–Trinajstić information content (AvgIpc) is 2.89. The maximum absolute atomic E-state index is 12.2. The first-order valence-electron chi connectivity index (χ1n) is 7.21. The zero-order chi connectivity index (χ0) is 14.6. The van der Waals surface area contributed by atoms with E-state index in [1.165, 1.54) is 11.1 Å². The van der Waals surface area contributed by atoms with Crippen LogP contribution in [0.1, 0.15) is 36.8 Å². The minimum absolute atomic E-state index is 0.129. The van der Waals surface area contributed by atoms with E-state index in [-0.39, 0.29) is 18.1 Å². The summed E-state index contributed by atoms with van der Waals surface area (Å²) < 4.78 is 4.96. The third kappa shape index (κ3) is 3.19. The molecule has 1 atom stereocenters. The van der Waals surface area contributed by atoms with Gasteiger partial charge < -0.3 is 15.8 Å². The molecule has 0 heterocycles. The summed E-state index contributed by atoms with van der Waals surface area (Å²) in [6.45, 7) is 2.32. The fourth-order valence-electron chi connectivity index (χ4n) is 2.99. The van der Waals surface area contributed by atoms with Crippen LogP contribution in [0.2, 0.25) is 0 Å². The summed E-state index contributed by atoms with van der Waals surface area (Å²) >= 11 is 0. The summed E-state index contributed by atoms with van der Waals surface area (Å²) in [5, 5.41) is 3.18. The number of rotatable bonds is 5. The molecule has 2 rings (SSSR count). The summed E-state index contributed by atoms with van der Waals surface area (Å²) in [5.41, 5.74) is 7.98. The van der Waals surface area contributed by atoms with Gasteiger partial charge in [0, 0.05) is 7.11 Å². The molecule has 1 amide bonds. The second-order valence-corrected chi connectivity index (χ2v) is 5.71. The van der Waals surface area contributed by atoms with Crippen LogP contribution in [-0.4, -0.2) is 25.7 Å². The van der Waals surface area contributed by atoms with Crippen molar-refractivity contribution in [2.75, 3.05) is 13.7 Å². The Kier molecular flexibility index (Phi) is 4.78. The van der Waals surface area contributed by atoms with Crippen molar-refractivity contribution in [2.24, 2.45) is 5.73 Å². The second-order valence-electron chi connectivity index (χ2n) is 5.71. The number of benzene rings is 1. The van der Waals surface area contributed by atoms with Gasteiger partial charge in [0.1, 0.15) is 6.04 Å². The van der Waals surface area contributed by atoms with Gasteiger partial charge >= 0.3 is 0 Å². The molecule has 110 valence electrons. The van der Waals surface area contributed by atoms with Crippen molar-refractivity contribution in [1.82, 2.24) is 5.32 Å². The molecule has 1 aromatic carbocycles. The number of carbonyl (C=O) groups excluding carboxylic acids is 1. The topological polar surface area (TPSA) is 64.3 Å². The number of hydrogen-bond donors (Lipinski definition) is 2. The van der Waals surface area contributed by atoms with Crippen molar-refractivity contribution in [3.05, 3.63) is 35.4 Å². The molecule has 0 saturated heterocycles. The SMILES string of the molecule is COCC(N)C(=O)NC1(c2cccc(C)c2)CCCC1. The number of aryl methyl sites for hydroxylation is 1. The van der Waals surface area contributed by atoms with Crippen molar-refractivity contribution in [3.8, 4) is 0 Å². The number of nitrogens with two attached hydrogens (primary N) is 1. The predicted octanol–water partition coefficient (Wildman–Crippen LogP) is 1.85. The number of amides is 1. The first-order chi connectivity index (χ1) is 9.57. The van der Waals surface area contributed by atoms with Crippen molar-refractivity contribution < 1.29 is 9.53 Å². The lowest BCUT2D eigenvalue weighted by Crippen LogP contribution is -2.52. The van der Waals surface area contributed by atoms with E-state index in [1.54, 1.807) is 7.11 Å². The average molecular weight is 276 g/mol. The molecule has 3 N–H and O–H groups in total. The Morgan fingerprint density at radius 1 is 1.45 bits per heavy atom. The van der Waals surface area contributed by atoms with Gasteiger partial charge in [-0.1, -0.05) is 42.7 Å². The molecule has 0 bridgehead atoms. The monoisotopic (exact) mass is 276 g/mol. The van der Waals surface area contributed by atoms with E-state index in [2.05, 4.69) is 30.4 Å². The largest absolute Gasteiger partial charge is 0.383 e. The number of nitrogens with one attached hydrogen (secondary N) is 1. The van der Waals surface area contributed by atoms with Crippen LogP contribution in [0.5, 0.6) is 0 Å². The first-order valence-corrected chi connectivity index (χ1v) is 7.21. The maximum Gasteiger partial charge on any atom is 0.239 e. The van der Waals surface area contributed by atoms with Crippen molar-refractivity contribution in [2.45, 2.75) is 44.2 Å². The lowest BCUT2D eigenvalue weighted by molar-refractivity contribution is -0.125. The van der Waals surface area contributed by atoms with E-state index in [4.69, 9.17) is 10.5 Å². The molecule has 1 unspecified atom stereocenters. The van der Waals surface area contributed by atoms with Gasteiger partial charge in [0.15, 0.2) is 0 Å². The summed E-state index contributed by atoms with van der Waals surface area (Å²) in [6, 6.07) is 7.77. The molecule has 0 aromatic heterocycles. The molecule has 1 aromatic rings. The van der Waals surface area contributed by atoms with E-state index < -0.39 is 6.04 Å². The smallest absolute Gasteiger partial charge is 0.239 e. The molecule has 1 fully saturated rings. The van der Waals surface area contributed by atoms with E-state index in [0.29, 0.717) is 0 Å². The minimum atomic E-state index is -0.609. The Labute approximate surface area is 120 Å². The highest BCUT2D eigenvalue weighted by Crippen LogP contribution is 2.39. The molecule has 0 aliphatic heterocycles. The van der Waals surface area contributed by atoms with Crippen LogP contribution in [-0.2, 0) is 15.1 Å². The van der Waals surface area contributed by atoms with Gasteiger partial charge in [0.25, 0.3) is 0 Å². The molecule has 1 saturated carbocycles. The molecule has 4 nitrogen and oxygen atoms in total. The number of hydrogen-bond acceptors (Lipinski definition) is 3. The normalized spacial score (nSPS) is 18.8. The lowest BCUT2D eigenvalue weighted by Gasteiger charge is -2.32. The van der Waals surface area contributed by atoms with E-state index in [1.807, 2.05) is 6.07 Å². The van der Waals surface area contributed by atoms with Gasteiger partial charge in [-0.2, -0.15) is 0 Å². The number of ether oxygens (including phenoxy) is 1. The fourth-order valence-corrected chi connectivity index (χ4v) is 2.99. The van der Waals surface area contributed by atoms with Crippen molar-refractivity contribution in [1.29, 1.82) is 0 Å². The highest BCUT2D eigenvalue weighted by Gasteiger charge is 2.37. The van der Waals surface area contributed by atoms with E-state index in [0.717, 1.165) is 25.7 Å². The summed E-state index contributed by atoms with van der Waals surface area (Å²) in [5.74, 6) is -0.129. The van der Waals surface area contributed by atoms with Crippen LogP contribution in [0, 0.1) is 6.92 Å². The Hall–Kier alpha value is -1.39. The highest BCUT2D eigenvalue weighted by molar-refractivity contribution is 5.82.